The molecule has 5 nitrogen and oxygen atoms in total. The Kier molecular flexibility index (Phi) is 2.48. The first-order chi connectivity index (χ1) is 8.29. The Bertz CT molecular complexity index is 593. The van der Waals surface area contributed by atoms with E-state index in [0.29, 0.717) is 17.1 Å². The summed E-state index contributed by atoms with van der Waals surface area (Å²) in [6.07, 6.45) is 6.31. The summed E-state index contributed by atoms with van der Waals surface area (Å²) in [5, 5.41) is 12.1. The van der Waals surface area contributed by atoms with Crippen LogP contribution >= 0.6 is 0 Å². The summed E-state index contributed by atoms with van der Waals surface area (Å²) in [5.41, 5.74) is 1.83. The number of hydrogen-bond donors (Lipinski definition) is 2. The van der Waals surface area contributed by atoms with Gasteiger partial charge in [0.25, 0.3) is 5.56 Å². The minimum Gasteiger partial charge on any atom is -0.391 e. The standard InChI is InChI=1S/C12H15N3O2/c16-7-9-6-13-11-5-10(8-3-1-2-4-8)14-15(11)12(9)17/h5-6,8,14,16H,1-4,7H2. The third-order valence-electron chi connectivity index (χ3n) is 3.55. The smallest absolute Gasteiger partial charge is 0.278 e. The fourth-order valence-corrected chi connectivity index (χ4v) is 2.57. The van der Waals surface area contributed by atoms with Crippen LogP contribution in [0.4, 0.5) is 0 Å². The summed E-state index contributed by atoms with van der Waals surface area (Å²) >= 11 is 0. The lowest BCUT2D eigenvalue weighted by atomic mass is 10.1. The lowest BCUT2D eigenvalue weighted by molar-refractivity contribution is 0.279. The number of hydrogen-bond acceptors (Lipinski definition) is 3. The van der Waals surface area contributed by atoms with Crippen molar-refractivity contribution in [2.75, 3.05) is 0 Å². The van der Waals surface area contributed by atoms with Crippen molar-refractivity contribution in [3.8, 4) is 0 Å². The van der Waals surface area contributed by atoms with E-state index >= 15 is 0 Å². The molecule has 0 saturated heterocycles. The van der Waals surface area contributed by atoms with Crippen LogP contribution in [0.15, 0.2) is 17.1 Å². The van der Waals surface area contributed by atoms with Gasteiger partial charge in [-0.2, -0.15) is 0 Å². The molecule has 5 heteroatoms. The van der Waals surface area contributed by atoms with Crippen molar-refractivity contribution in [1.29, 1.82) is 0 Å². The van der Waals surface area contributed by atoms with Crippen LogP contribution in [-0.4, -0.2) is 19.7 Å². The highest BCUT2D eigenvalue weighted by atomic mass is 16.3. The molecule has 0 bridgehead atoms. The molecule has 0 aliphatic heterocycles. The number of aliphatic hydroxyl groups is 1. The van der Waals surface area contributed by atoms with Crippen molar-refractivity contribution in [3.63, 3.8) is 0 Å². The quantitative estimate of drug-likeness (QED) is 0.818. The maximum atomic E-state index is 11.9. The molecule has 1 fully saturated rings. The van der Waals surface area contributed by atoms with Gasteiger partial charge in [-0.25, -0.2) is 9.50 Å². The van der Waals surface area contributed by atoms with Gasteiger partial charge >= 0.3 is 0 Å². The van der Waals surface area contributed by atoms with E-state index in [0.717, 1.165) is 5.69 Å². The third kappa shape index (κ3) is 1.67. The summed E-state index contributed by atoms with van der Waals surface area (Å²) in [6.45, 7) is -0.271. The van der Waals surface area contributed by atoms with Crippen LogP contribution in [0.25, 0.3) is 5.65 Å². The van der Waals surface area contributed by atoms with Crippen molar-refractivity contribution < 1.29 is 5.11 Å². The maximum absolute atomic E-state index is 11.9. The number of aromatic nitrogens is 3. The Labute approximate surface area is 98.1 Å². The molecule has 0 radical (unpaired) electrons. The molecule has 1 saturated carbocycles. The molecule has 2 aromatic rings. The van der Waals surface area contributed by atoms with E-state index in [1.54, 1.807) is 0 Å². The second-order valence-electron chi connectivity index (χ2n) is 4.63. The fraction of sp³-hybridized carbons (Fsp3) is 0.500. The Morgan fingerprint density at radius 1 is 1.47 bits per heavy atom. The van der Waals surface area contributed by atoms with Crippen LogP contribution in [-0.2, 0) is 6.61 Å². The SMILES string of the molecule is O=c1c(CO)cnc2cc(C3CCCC3)[nH]n12. The molecule has 2 heterocycles. The zero-order chi connectivity index (χ0) is 11.8. The predicted molar refractivity (Wildman–Crippen MR) is 62.9 cm³/mol. The van der Waals surface area contributed by atoms with E-state index in [1.165, 1.54) is 36.4 Å². The molecule has 90 valence electrons. The van der Waals surface area contributed by atoms with Gasteiger partial charge in [-0.3, -0.25) is 9.89 Å². The van der Waals surface area contributed by atoms with E-state index in [9.17, 15) is 4.79 Å². The molecule has 1 aliphatic rings. The predicted octanol–water partition coefficient (Wildman–Crippen LogP) is 1.17. The number of fused-ring (bicyclic) bond motifs is 1. The largest absolute Gasteiger partial charge is 0.391 e. The van der Waals surface area contributed by atoms with Gasteiger partial charge in [0.15, 0.2) is 5.65 Å². The van der Waals surface area contributed by atoms with Crippen LogP contribution in [0.1, 0.15) is 42.9 Å². The molecule has 17 heavy (non-hydrogen) atoms. The van der Waals surface area contributed by atoms with Gasteiger partial charge in [-0.05, 0) is 12.8 Å². The van der Waals surface area contributed by atoms with E-state index in [4.69, 9.17) is 5.11 Å². The topological polar surface area (TPSA) is 70.4 Å². The number of nitrogens with zero attached hydrogens (tertiary/aromatic N) is 2. The Morgan fingerprint density at radius 3 is 2.94 bits per heavy atom. The summed E-state index contributed by atoms with van der Waals surface area (Å²) in [4.78, 5) is 16.1. The van der Waals surface area contributed by atoms with Crippen molar-refractivity contribution in [1.82, 2.24) is 14.6 Å². The van der Waals surface area contributed by atoms with Gasteiger partial charge in [0.2, 0.25) is 0 Å². The Morgan fingerprint density at radius 2 is 2.24 bits per heavy atom. The first kappa shape index (κ1) is 10.5. The summed E-state index contributed by atoms with van der Waals surface area (Å²) in [7, 11) is 0. The molecule has 0 atom stereocenters. The lowest BCUT2D eigenvalue weighted by Gasteiger charge is -2.03. The molecule has 0 unspecified atom stereocenters. The number of rotatable bonds is 2. The number of H-pyrrole nitrogens is 1. The van der Waals surface area contributed by atoms with Crippen LogP contribution < -0.4 is 5.56 Å². The molecule has 0 aromatic carbocycles. The van der Waals surface area contributed by atoms with Crippen LogP contribution in [0.2, 0.25) is 0 Å². The van der Waals surface area contributed by atoms with Crippen molar-refractivity contribution in [2.24, 2.45) is 0 Å². The molecule has 2 aromatic heterocycles. The van der Waals surface area contributed by atoms with Gasteiger partial charge < -0.3 is 5.11 Å². The molecular weight excluding hydrogens is 218 g/mol. The van der Waals surface area contributed by atoms with Crippen LogP contribution in [0.3, 0.4) is 0 Å². The molecule has 1 aliphatic carbocycles. The fourth-order valence-electron chi connectivity index (χ4n) is 2.57. The molecule has 2 N–H and O–H groups in total. The Hall–Kier alpha value is -1.62. The highest BCUT2D eigenvalue weighted by Crippen LogP contribution is 2.33. The minimum absolute atomic E-state index is 0.207. The minimum atomic E-state index is -0.271. The Balaban J connectivity index is 2.12. The molecule has 0 spiro atoms. The van der Waals surface area contributed by atoms with E-state index < -0.39 is 0 Å². The second-order valence-corrected chi connectivity index (χ2v) is 4.63. The van der Waals surface area contributed by atoms with Crippen molar-refractivity contribution >= 4 is 5.65 Å². The number of aromatic amines is 1. The average molecular weight is 233 g/mol. The number of aliphatic hydroxyl groups excluding tert-OH is 1. The summed E-state index contributed by atoms with van der Waals surface area (Å²) in [6, 6.07) is 1.94. The summed E-state index contributed by atoms with van der Waals surface area (Å²) in [5.74, 6) is 0.522. The first-order valence-electron chi connectivity index (χ1n) is 6.00. The van der Waals surface area contributed by atoms with E-state index in [2.05, 4.69) is 10.1 Å². The normalized spacial score (nSPS) is 17.0. The van der Waals surface area contributed by atoms with Crippen molar-refractivity contribution in [2.45, 2.75) is 38.2 Å². The molecule has 3 rings (SSSR count). The van der Waals surface area contributed by atoms with E-state index in [1.807, 2.05) is 6.07 Å². The van der Waals surface area contributed by atoms with Gasteiger partial charge in [-0.1, -0.05) is 12.8 Å². The van der Waals surface area contributed by atoms with E-state index in [-0.39, 0.29) is 12.2 Å². The monoisotopic (exact) mass is 233 g/mol. The maximum Gasteiger partial charge on any atom is 0.278 e. The molecular formula is C12H15N3O2. The first-order valence-corrected chi connectivity index (χ1v) is 6.00. The number of nitrogens with one attached hydrogen (secondary N) is 1. The molecule has 0 amide bonds. The lowest BCUT2D eigenvalue weighted by Crippen LogP contribution is -2.19. The van der Waals surface area contributed by atoms with Gasteiger partial charge in [-0.15, -0.1) is 0 Å². The second kappa shape index (κ2) is 4.00. The third-order valence-corrected chi connectivity index (χ3v) is 3.55. The highest BCUT2D eigenvalue weighted by Gasteiger charge is 2.19. The van der Waals surface area contributed by atoms with Gasteiger partial charge in [0.1, 0.15) is 0 Å². The van der Waals surface area contributed by atoms with Crippen molar-refractivity contribution in [3.05, 3.63) is 33.9 Å². The zero-order valence-electron chi connectivity index (χ0n) is 9.52. The van der Waals surface area contributed by atoms with Crippen LogP contribution in [0, 0.1) is 0 Å². The van der Waals surface area contributed by atoms with Crippen LogP contribution in [0.5, 0.6) is 0 Å². The van der Waals surface area contributed by atoms with Gasteiger partial charge in [0, 0.05) is 23.9 Å². The summed E-state index contributed by atoms with van der Waals surface area (Å²) < 4.78 is 1.43. The average Bonchev–Trinajstić information content (AvgIpc) is 2.98. The van der Waals surface area contributed by atoms with Gasteiger partial charge in [0.05, 0.1) is 12.2 Å². The highest BCUT2D eigenvalue weighted by molar-refractivity contribution is 5.40. The zero-order valence-corrected chi connectivity index (χ0v) is 9.52.